The van der Waals surface area contributed by atoms with Gasteiger partial charge in [0.2, 0.25) is 5.91 Å². The molecule has 2 aromatic heterocycles. The van der Waals surface area contributed by atoms with Crippen LogP contribution < -0.4 is 5.32 Å². The monoisotopic (exact) mass is 315 g/mol. The minimum atomic E-state index is -0.279. The summed E-state index contributed by atoms with van der Waals surface area (Å²) in [6, 6.07) is 7.21. The number of likely N-dealkylation sites (N-methyl/N-ethyl adjacent to an activating group) is 1. The van der Waals surface area contributed by atoms with Crippen molar-refractivity contribution < 1.29 is 4.79 Å². The summed E-state index contributed by atoms with van der Waals surface area (Å²) in [5.74, 6) is 0.482. The molecule has 1 unspecified atom stereocenters. The average Bonchev–Trinajstić information content (AvgIpc) is 2.96. The molecular formula is C17H25N5O. The molecule has 1 atom stereocenters. The lowest BCUT2D eigenvalue weighted by Gasteiger charge is -2.23. The summed E-state index contributed by atoms with van der Waals surface area (Å²) in [5, 5.41) is 10.2. The summed E-state index contributed by atoms with van der Waals surface area (Å²) >= 11 is 0. The second-order valence-corrected chi connectivity index (χ2v) is 6.82. The van der Waals surface area contributed by atoms with Gasteiger partial charge in [-0.15, -0.1) is 0 Å². The van der Waals surface area contributed by atoms with Crippen LogP contribution in [0.1, 0.15) is 39.1 Å². The van der Waals surface area contributed by atoms with E-state index in [1.54, 1.807) is 12.3 Å². The van der Waals surface area contributed by atoms with E-state index in [1.165, 1.54) is 0 Å². The van der Waals surface area contributed by atoms with Gasteiger partial charge in [0.25, 0.3) is 0 Å². The number of pyridine rings is 1. The molecule has 2 N–H and O–H groups in total. The highest BCUT2D eigenvalue weighted by molar-refractivity contribution is 5.93. The lowest BCUT2D eigenvalue weighted by atomic mass is 9.92. The summed E-state index contributed by atoms with van der Waals surface area (Å²) in [5.41, 5.74) is 2.02. The number of hydrogen-bond donors (Lipinski definition) is 2. The van der Waals surface area contributed by atoms with Crippen LogP contribution in [-0.4, -0.2) is 39.1 Å². The van der Waals surface area contributed by atoms with Gasteiger partial charge in [0.15, 0.2) is 0 Å². The fraction of sp³-hybridized carbons (Fsp3) is 0.471. The molecule has 0 radical (unpaired) electrons. The maximum absolute atomic E-state index is 12.3. The molecular weight excluding hydrogens is 290 g/mol. The van der Waals surface area contributed by atoms with Gasteiger partial charge in [0, 0.05) is 23.9 Å². The van der Waals surface area contributed by atoms with E-state index in [2.05, 4.69) is 47.3 Å². The molecule has 2 rings (SSSR count). The molecule has 23 heavy (non-hydrogen) atoms. The Kier molecular flexibility index (Phi) is 5.15. The predicted octanol–water partition coefficient (Wildman–Crippen LogP) is 2.56. The van der Waals surface area contributed by atoms with E-state index >= 15 is 0 Å². The Morgan fingerprint density at radius 3 is 2.70 bits per heavy atom. The van der Waals surface area contributed by atoms with Crippen LogP contribution in [0.3, 0.4) is 0 Å². The number of hydrogen-bond acceptors (Lipinski definition) is 4. The van der Waals surface area contributed by atoms with E-state index in [4.69, 9.17) is 0 Å². The average molecular weight is 315 g/mol. The molecule has 2 aromatic rings. The molecule has 0 saturated carbocycles. The molecule has 0 aliphatic rings. The predicted molar refractivity (Wildman–Crippen MR) is 91.1 cm³/mol. The molecule has 0 aromatic carbocycles. The van der Waals surface area contributed by atoms with Gasteiger partial charge < -0.3 is 5.32 Å². The van der Waals surface area contributed by atoms with E-state index in [9.17, 15) is 4.79 Å². The van der Waals surface area contributed by atoms with Crippen LogP contribution >= 0.6 is 0 Å². The van der Waals surface area contributed by atoms with Gasteiger partial charge in [0.05, 0.1) is 11.7 Å². The van der Waals surface area contributed by atoms with Crippen molar-refractivity contribution in [3.05, 3.63) is 41.9 Å². The number of aromatic nitrogens is 3. The summed E-state index contributed by atoms with van der Waals surface area (Å²) in [6.07, 6.45) is 1.66. The van der Waals surface area contributed by atoms with Crippen LogP contribution in [0.2, 0.25) is 0 Å². The van der Waals surface area contributed by atoms with E-state index < -0.39 is 0 Å². The highest BCUT2D eigenvalue weighted by Gasteiger charge is 2.21. The molecule has 2 heterocycles. The molecule has 6 heteroatoms. The van der Waals surface area contributed by atoms with Gasteiger partial charge in [-0.2, -0.15) is 5.10 Å². The number of carbonyl (C=O) groups excluding carboxylic acids is 1. The fourth-order valence-electron chi connectivity index (χ4n) is 2.10. The number of H-pyrrole nitrogens is 1. The van der Waals surface area contributed by atoms with Crippen molar-refractivity contribution in [1.29, 1.82) is 0 Å². The third-order valence-corrected chi connectivity index (χ3v) is 3.78. The molecule has 1 amide bonds. The molecule has 0 saturated heterocycles. The van der Waals surface area contributed by atoms with Crippen LogP contribution in [0.5, 0.6) is 0 Å². The van der Waals surface area contributed by atoms with E-state index in [0.717, 1.165) is 11.4 Å². The Morgan fingerprint density at radius 1 is 1.39 bits per heavy atom. The topological polar surface area (TPSA) is 73.9 Å². The molecule has 124 valence electrons. The van der Waals surface area contributed by atoms with E-state index in [-0.39, 0.29) is 17.4 Å². The largest absolute Gasteiger partial charge is 0.309 e. The van der Waals surface area contributed by atoms with Crippen molar-refractivity contribution in [2.24, 2.45) is 0 Å². The first-order valence-corrected chi connectivity index (χ1v) is 7.74. The first kappa shape index (κ1) is 17.1. The molecule has 0 spiro atoms. The molecule has 0 bridgehead atoms. The lowest BCUT2D eigenvalue weighted by molar-refractivity contribution is -0.120. The zero-order valence-corrected chi connectivity index (χ0v) is 14.4. The van der Waals surface area contributed by atoms with E-state index in [1.807, 2.05) is 31.0 Å². The number of anilines is 1. The summed E-state index contributed by atoms with van der Waals surface area (Å²) in [7, 11) is 1.92. The minimum absolute atomic E-state index is 0.00922. The lowest BCUT2D eigenvalue weighted by Crippen LogP contribution is -2.39. The van der Waals surface area contributed by atoms with Crippen molar-refractivity contribution in [2.75, 3.05) is 12.4 Å². The van der Waals surface area contributed by atoms with Crippen molar-refractivity contribution in [1.82, 2.24) is 20.1 Å². The first-order valence-electron chi connectivity index (χ1n) is 7.74. The molecule has 0 fully saturated rings. The Hall–Kier alpha value is -2.21. The number of nitrogens with zero attached hydrogens (tertiary/aromatic N) is 3. The third-order valence-electron chi connectivity index (χ3n) is 3.78. The Labute approximate surface area is 137 Å². The third kappa shape index (κ3) is 4.63. The van der Waals surface area contributed by atoms with Gasteiger partial charge in [-0.05, 0) is 32.2 Å². The number of amides is 1. The number of aromatic amines is 1. The van der Waals surface area contributed by atoms with Crippen LogP contribution in [0.4, 0.5) is 5.82 Å². The second-order valence-electron chi connectivity index (χ2n) is 6.82. The Morgan fingerprint density at radius 2 is 2.13 bits per heavy atom. The number of rotatable bonds is 5. The van der Waals surface area contributed by atoms with Crippen molar-refractivity contribution in [2.45, 2.75) is 45.7 Å². The van der Waals surface area contributed by atoms with Crippen molar-refractivity contribution >= 4 is 11.7 Å². The van der Waals surface area contributed by atoms with Gasteiger partial charge in [-0.1, -0.05) is 26.8 Å². The number of nitrogens with one attached hydrogen (secondary N) is 2. The smallest absolute Gasteiger partial charge is 0.242 e. The maximum Gasteiger partial charge on any atom is 0.242 e. The quantitative estimate of drug-likeness (QED) is 0.889. The Balaban J connectivity index is 1.95. The standard InChI is InChI=1S/C17H25N5O/c1-12(16(23)19-15-8-6-7-9-18-15)22(5)11-13-10-14(21-20-13)17(2,3)4/h6-10,12H,11H2,1-5H3,(H,20,21)(H,18,19,23). The number of carbonyl (C=O) groups is 1. The van der Waals surface area contributed by atoms with Gasteiger partial charge in [-0.25, -0.2) is 4.98 Å². The van der Waals surface area contributed by atoms with Gasteiger partial charge in [-0.3, -0.25) is 14.8 Å². The summed E-state index contributed by atoms with van der Waals surface area (Å²) < 4.78 is 0. The second kappa shape index (κ2) is 6.91. The van der Waals surface area contributed by atoms with Crippen LogP contribution in [0, 0.1) is 0 Å². The molecule has 0 aliphatic carbocycles. The SMILES string of the molecule is CC(C(=O)Nc1ccccn1)N(C)Cc1cc(C(C)(C)C)n[nH]1. The molecule has 0 aliphatic heterocycles. The van der Waals surface area contributed by atoms with E-state index in [0.29, 0.717) is 12.4 Å². The van der Waals surface area contributed by atoms with Gasteiger partial charge >= 0.3 is 0 Å². The molecule has 6 nitrogen and oxygen atoms in total. The van der Waals surface area contributed by atoms with Gasteiger partial charge in [0.1, 0.15) is 5.82 Å². The van der Waals surface area contributed by atoms with Crippen molar-refractivity contribution in [3.8, 4) is 0 Å². The highest BCUT2D eigenvalue weighted by Crippen LogP contribution is 2.20. The zero-order chi connectivity index (χ0) is 17.0. The normalized spacial score (nSPS) is 13.1. The highest BCUT2D eigenvalue weighted by atomic mass is 16.2. The first-order chi connectivity index (χ1) is 10.8. The Bertz CT molecular complexity index is 645. The van der Waals surface area contributed by atoms with Crippen molar-refractivity contribution in [3.63, 3.8) is 0 Å². The summed E-state index contributed by atoms with van der Waals surface area (Å²) in [6.45, 7) is 8.87. The fourth-order valence-corrected chi connectivity index (χ4v) is 2.10. The van der Waals surface area contributed by atoms with Crippen LogP contribution in [-0.2, 0) is 16.8 Å². The maximum atomic E-state index is 12.3. The minimum Gasteiger partial charge on any atom is -0.309 e. The van der Waals surface area contributed by atoms with Crippen LogP contribution in [0.25, 0.3) is 0 Å². The summed E-state index contributed by atoms with van der Waals surface area (Å²) in [4.78, 5) is 18.4. The van der Waals surface area contributed by atoms with Crippen LogP contribution in [0.15, 0.2) is 30.5 Å². The zero-order valence-electron chi connectivity index (χ0n) is 14.4.